The Bertz CT molecular complexity index is 668. The molecule has 0 saturated carbocycles. The molecule has 0 aliphatic carbocycles. The molecule has 3 rings (SSSR count). The molecule has 0 spiro atoms. The number of aliphatic hydroxyl groups is 2. The zero-order valence-electron chi connectivity index (χ0n) is 18.2. The van der Waals surface area contributed by atoms with Gasteiger partial charge in [-0.15, -0.1) is 0 Å². The molecule has 2 aromatic rings. The van der Waals surface area contributed by atoms with Crippen molar-refractivity contribution in [1.82, 2.24) is 0 Å². The van der Waals surface area contributed by atoms with Gasteiger partial charge in [-0.3, -0.25) is 0 Å². The topological polar surface area (TPSA) is 58.9 Å². The summed E-state index contributed by atoms with van der Waals surface area (Å²) in [6.45, 7) is 3.83. The van der Waals surface area contributed by atoms with E-state index >= 15 is 0 Å². The van der Waals surface area contributed by atoms with Crippen molar-refractivity contribution < 1.29 is 20.4 Å². The Kier molecular flexibility index (Phi) is 12.7. The summed E-state index contributed by atoms with van der Waals surface area (Å²) in [5.41, 5.74) is 0. The molecule has 0 amide bonds. The Balaban J connectivity index is 0.000000380. The number of rotatable bonds is 5. The Hall–Kier alpha value is -2.02. The lowest BCUT2D eigenvalue weighted by Gasteiger charge is -2.32. The molecule has 0 unspecified atom stereocenters. The second-order valence-electron chi connectivity index (χ2n) is 5.93. The standard InChI is InChI=1S/C17H18O2Si.C5H10O2.C2H6/c1-4-10-16(11-5-1)20(17-12-6-2-7-13-17)18-14-8-3-9-15-19-20;6-4-2-1-3-5-7;1-2/h1-8,10-13H,9,14-15H2;1-2,6-7H,3-5H2;1-2H3/b8-3-;2-1-;/i;;1D. The summed E-state index contributed by atoms with van der Waals surface area (Å²) in [6, 6.07) is 20.7. The molecule has 4 nitrogen and oxygen atoms in total. The largest absolute Gasteiger partial charge is 0.407 e. The molecule has 1 aliphatic rings. The van der Waals surface area contributed by atoms with Gasteiger partial charge in [-0.05, 0) is 23.2 Å². The lowest BCUT2D eigenvalue weighted by atomic mass is 10.4. The summed E-state index contributed by atoms with van der Waals surface area (Å²) in [6.07, 6.45) is 9.14. The van der Waals surface area contributed by atoms with Crippen LogP contribution in [0.15, 0.2) is 85.0 Å². The summed E-state index contributed by atoms with van der Waals surface area (Å²) in [7, 11) is -2.57. The van der Waals surface area contributed by atoms with Crippen molar-refractivity contribution in [1.29, 1.82) is 0 Å². The maximum atomic E-state index is 8.16. The van der Waals surface area contributed by atoms with Crippen LogP contribution in [0.25, 0.3) is 0 Å². The third-order valence-electron chi connectivity index (χ3n) is 4.01. The average Bonchev–Trinajstić information content (AvgIpc) is 2.77. The smallest absolute Gasteiger partial charge is 0.396 e. The normalized spacial score (nSPS) is 16.9. The van der Waals surface area contributed by atoms with E-state index < -0.39 is 8.56 Å². The third kappa shape index (κ3) is 8.48. The van der Waals surface area contributed by atoms with Crippen LogP contribution >= 0.6 is 0 Å². The minimum atomic E-state index is -2.57. The van der Waals surface area contributed by atoms with Crippen LogP contribution in [-0.4, -0.2) is 45.2 Å². The predicted molar refractivity (Wildman–Crippen MR) is 123 cm³/mol. The Morgan fingerprint density at radius 3 is 2.03 bits per heavy atom. The fourth-order valence-corrected chi connectivity index (χ4v) is 5.83. The molecule has 0 radical (unpaired) electrons. The molecule has 2 aromatic carbocycles. The van der Waals surface area contributed by atoms with E-state index in [4.69, 9.17) is 20.4 Å². The van der Waals surface area contributed by atoms with E-state index in [9.17, 15) is 0 Å². The van der Waals surface area contributed by atoms with E-state index in [2.05, 4.69) is 36.4 Å². The quantitative estimate of drug-likeness (QED) is 0.582. The van der Waals surface area contributed by atoms with Crippen molar-refractivity contribution in [3.05, 3.63) is 85.0 Å². The van der Waals surface area contributed by atoms with E-state index in [-0.39, 0.29) is 13.2 Å². The molecule has 158 valence electrons. The number of hydrogen-bond acceptors (Lipinski definition) is 4. The van der Waals surface area contributed by atoms with Gasteiger partial charge in [0.1, 0.15) is 0 Å². The first kappa shape index (κ1) is 23.3. The van der Waals surface area contributed by atoms with Gasteiger partial charge in [0.05, 0.1) is 13.2 Å². The van der Waals surface area contributed by atoms with Crippen LogP contribution < -0.4 is 10.4 Å². The van der Waals surface area contributed by atoms with E-state index in [1.807, 2.05) is 36.4 Å². The number of aliphatic hydroxyl groups excluding tert-OH is 2. The van der Waals surface area contributed by atoms with Gasteiger partial charge < -0.3 is 19.1 Å². The fraction of sp³-hybridized carbons (Fsp3) is 0.333. The number of benzene rings is 2. The van der Waals surface area contributed by atoms with Crippen molar-refractivity contribution in [2.45, 2.75) is 26.7 Å². The highest BCUT2D eigenvalue weighted by Crippen LogP contribution is 2.12. The van der Waals surface area contributed by atoms with Gasteiger partial charge in [0.25, 0.3) is 0 Å². The van der Waals surface area contributed by atoms with Crippen LogP contribution in [-0.2, 0) is 8.85 Å². The highest BCUT2D eigenvalue weighted by Gasteiger charge is 2.42. The van der Waals surface area contributed by atoms with Gasteiger partial charge in [-0.1, -0.05) is 98.8 Å². The van der Waals surface area contributed by atoms with E-state index in [1.165, 1.54) is 10.4 Å². The van der Waals surface area contributed by atoms with Gasteiger partial charge in [0, 0.05) is 14.6 Å². The Morgan fingerprint density at radius 1 is 0.931 bits per heavy atom. The molecule has 1 heterocycles. The zero-order valence-corrected chi connectivity index (χ0v) is 18.2. The average molecular weight is 416 g/mol. The molecule has 5 heteroatoms. The summed E-state index contributed by atoms with van der Waals surface area (Å²) in [5.74, 6) is 0. The van der Waals surface area contributed by atoms with Gasteiger partial charge in [0.2, 0.25) is 0 Å². The predicted octanol–water partition coefficient (Wildman–Crippen LogP) is 3.18. The molecule has 0 aromatic heterocycles. The van der Waals surface area contributed by atoms with Crippen molar-refractivity contribution in [3.63, 3.8) is 0 Å². The monoisotopic (exact) mass is 415 g/mol. The molecule has 0 saturated heterocycles. The minimum absolute atomic E-state index is 0.0694. The second kappa shape index (κ2) is 15.8. The van der Waals surface area contributed by atoms with Gasteiger partial charge >= 0.3 is 8.56 Å². The molecule has 0 bridgehead atoms. The van der Waals surface area contributed by atoms with E-state index in [0.717, 1.165) is 6.42 Å². The summed E-state index contributed by atoms with van der Waals surface area (Å²) in [4.78, 5) is 0. The van der Waals surface area contributed by atoms with E-state index in [1.54, 1.807) is 19.1 Å². The van der Waals surface area contributed by atoms with Crippen molar-refractivity contribution >= 4 is 18.9 Å². The van der Waals surface area contributed by atoms with Crippen molar-refractivity contribution in [2.24, 2.45) is 0 Å². The molecule has 0 fully saturated rings. The number of hydrogen-bond donors (Lipinski definition) is 2. The molecule has 1 aliphatic heterocycles. The van der Waals surface area contributed by atoms with Crippen LogP contribution in [0.4, 0.5) is 0 Å². The highest BCUT2D eigenvalue weighted by molar-refractivity contribution is 6.92. The Labute approximate surface area is 177 Å². The summed E-state index contributed by atoms with van der Waals surface area (Å²) < 4.78 is 18.8. The first-order valence-electron chi connectivity index (χ1n) is 10.7. The first-order valence-corrected chi connectivity index (χ1v) is 11.8. The summed E-state index contributed by atoms with van der Waals surface area (Å²) in [5, 5.41) is 18.6. The van der Waals surface area contributed by atoms with Gasteiger partial charge in [-0.2, -0.15) is 0 Å². The van der Waals surface area contributed by atoms with Crippen LogP contribution in [0.5, 0.6) is 0 Å². The molecule has 0 atom stereocenters. The zero-order chi connectivity index (χ0) is 21.9. The van der Waals surface area contributed by atoms with Crippen LogP contribution in [0.2, 0.25) is 0 Å². The van der Waals surface area contributed by atoms with Gasteiger partial charge in [-0.25, -0.2) is 0 Å². The van der Waals surface area contributed by atoms with Gasteiger partial charge in [0.15, 0.2) is 0 Å². The van der Waals surface area contributed by atoms with E-state index in [0.29, 0.717) is 26.5 Å². The van der Waals surface area contributed by atoms with Crippen LogP contribution in [0.3, 0.4) is 0 Å². The Morgan fingerprint density at radius 2 is 1.52 bits per heavy atom. The SMILES string of the molecule is C1=C\CO[Si](c2ccccc2)(c2ccccc2)OCC/1.OC/C=C\CCO.[2H]CC. The van der Waals surface area contributed by atoms with Crippen molar-refractivity contribution in [3.8, 4) is 0 Å². The molecular weight excluding hydrogens is 380 g/mol. The highest BCUT2D eigenvalue weighted by atomic mass is 28.4. The molecule has 29 heavy (non-hydrogen) atoms. The van der Waals surface area contributed by atoms with Crippen LogP contribution in [0.1, 0.15) is 28.0 Å². The summed E-state index contributed by atoms with van der Waals surface area (Å²) >= 11 is 0. The second-order valence-corrected chi connectivity index (χ2v) is 8.90. The molecule has 2 N–H and O–H groups in total. The lowest BCUT2D eigenvalue weighted by Crippen LogP contribution is -2.63. The maximum absolute atomic E-state index is 8.16. The fourth-order valence-electron chi connectivity index (χ4n) is 2.75. The van der Waals surface area contributed by atoms with Crippen LogP contribution in [0, 0.1) is 0 Å². The maximum Gasteiger partial charge on any atom is 0.407 e. The van der Waals surface area contributed by atoms with Crippen molar-refractivity contribution in [2.75, 3.05) is 26.4 Å². The minimum Gasteiger partial charge on any atom is -0.396 e. The first-order chi connectivity index (χ1) is 14.7. The third-order valence-corrected chi connectivity index (χ3v) is 7.39. The molecular formula is C24H34O4Si. The lowest BCUT2D eigenvalue weighted by molar-refractivity contribution is 0.205.